The Labute approximate surface area is 185 Å². The zero-order chi connectivity index (χ0) is 22.6. The van der Waals surface area contributed by atoms with Gasteiger partial charge in [-0.3, -0.25) is 14.2 Å². The number of fused-ring (bicyclic) bond motifs is 2. The molecule has 4 aromatic rings. The average molecular weight is 436 g/mol. The van der Waals surface area contributed by atoms with Gasteiger partial charge in [0.15, 0.2) is 5.82 Å². The number of amides is 1. The molecule has 5 rings (SSSR count). The molecule has 1 aliphatic rings. The Hall–Kier alpha value is -3.46. The van der Waals surface area contributed by atoms with Crippen molar-refractivity contribution in [1.82, 2.24) is 24.9 Å². The second-order valence-electron chi connectivity index (χ2n) is 8.72. The van der Waals surface area contributed by atoms with Gasteiger partial charge in [-0.15, -0.1) is 0 Å². The molecule has 0 radical (unpaired) electrons. The molecular formula is C23H26FN7O. The number of rotatable bonds is 3. The van der Waals surface area contributed by atoms with E-state index in [1.807, 2.05) is 19.3 Å². The van der Waals surface area contributed by atoms with Crippen molar-refractivity contribution >= 4 is 39.1 Å². The number of hydrogen-bond acceptors (Lipinski definition) is 5. The maximum absolute atomic E-state index is 14.4. The van der Waals surface area contributed by atoms with Gasteiger partial charge in [-0.05, 0) is 38.1 Å². The number of piperazine rings is 1. The summed E-state index contributed by atoms with van der Waals surface area (Å²) >= 11 is 0. The van der Waals surface area contributed by atoms with E-state index in [9.17, 15) is 9.18 Å². The number of carbonyl (C=O) groups excluding carboxylic acids is 1. The molecule has 0 aliphatic carbocycles. The van der Waals surface area contributed by atoms with E-state index in [0.29, 0.717) is 34.2 Å². The number of halogens is 1. The summed E-state index contributed by atoms with van der Waals surface area (Å²) in [6.45, 7) is 6.10. The second-order valence-corrected chi connectivity index (χ2v) is 8.72. The zero-order valence-corrected chi connectivity index (χ0v) is 18.6. The molecule has 9 heteroatoms. The lowest BCUT2D eigenvalue weighted by Gasteiger charge is -2.38. The summed E-state index contributed by atoms with van der Waals surface area (Å²) in [6, 6.07) is 7.53. The lowest BCUT2D eigenvalue weighted by molar-refractivity contribution is 0.102. The number of nitrogens with zero attached hydrogens (tertiary/aromatic N) is 5. The van der Waals surface area contributed by atoms with Crippen molar-refractivity contribution in [1.29, 1.82) is 0 Å². The molecule has 2 atom stereocenters. The Kier molecular flexibility index (Phi) is 4.85. The topological polar surface area (TPSA) is 80.0 Å². The minimum atomic E-state index is -0.473. The number of hydrogen-bond donors (Lipinski definition) is 2. The number of aromatic nitrogens is 4. The molecule has 2 aromatic heterocycles. The third-order valence-electron chi connectivity index (χ3n) is 5.84. The number of anilines is 2. The Bertz CT molecular complexity index is 1330. The van der Waals surface area contributed by atoms with E-state index in [1.54, 1.807) is 34.7 Å². The molecule has 0 unspecified atom stereocenters. The van der Waals surface area contributed by atoms with Crippen molar-refractivity contribution in [3.05, 3.63) is 48.0 Å². The van der Waals surface area contributed by atoms with E-state index in [-0.39, 0.29) is 11.4 Å². The second kappa shape index (κ2) is 7.59. The highest BCUT2D eigenvalue weighted by Crippen LogP contribution is 2.31. The summed E-state index contributed by atoms with van der Waals surface area (Å²) in [5, 5.41) is 16.6. The number of nitrogens with one attached hydrogen (secondary N) is 2. The fourth-order valence-electron chi connectivity index (χ4n) is 4.67. The molecular weight excluding hydrogens is 409 g/mol. The van der Waals surface area contributed by atoms with E-state index in [0.717, 1.165) is 24.2 Å². The number of aryl methyl sites for hydroxylation is 2. The van der Waals surface area contributed by atoms with Crippen LogP contribution < -0.4 is 15.5 Å². The van der Waals surface area contributed by atoms with Gasteiger partial charge in [-0.25, -0.2) is 4.39 Å². The fourth-order valence-corrected chi connectivity index (χ4v) is 4.67. The highest BCUT2D eigenvalue weighted by Gasteiger charge is 2.25. The van der Waals surface area contributed by atoms with Crippen LogP contribution in [0.1, 0.15) is 24.2 Å². The minimum Gasteiger partial charge on any atom is -0.368 e. The van der Waals surface area contributed by atoms with Crippen LogP contribution in [-0.2, 0) is 14.1 Å². The summed E-state index contributed by atoms with van der Waals surface area (Å²) in [6.07, 6.45) is 3.66. The quantitative estimate of drug-likeness (QED) is 0.517. The standard InChI is InChI=1S/C23H26FN7O/c1-13-9-31(10-14(2)25-13)20-6-5-17(22-18(20)12-30(4)28-22)23(32)26-16-7-15-11-29(3)27-21(15)19(24)8-16/h5-8,11-14,25H,9-10H2,1-4H3,(H,26,32)/t13-,14-/m1/s1. The summed E-state index contributed by atoms with van der Waals surface area (Å²) in [7, 11) is 3.58. The van der Waals surface area contributed by atoms with Gasteiger partial charge in [0.05, 0.1) is 5.56 Å². The summed E-state index contributed by atoms with van der Waals surface area (Å²) < 4.78 is 17.7. The van der Waals surface area contributed by atoms with Crippen LogP contribution in [0.5, 0.6) is 0 Å². The predicted molar refractivity (Wildman–Crippen MR) is 124 cm³/mol. The lowest BCUT2D eigenvalue weighted by Crippen LogP contribution is -2.54. The van der Waals surface area contributed by atoms with Crippen molar-refractivity contribution < 1.29 is 9.18 Å². The molecule has 8 nitrogen and oxygen atoms in total. The summed E-state index contributed by atoms with van der Waals surface area (Å²) in [4.78, 5) is 15.5. The molecule has 1 amide bonds. The first-order chi connectivity index (χ1) is 15.3. The maximum atomic E-state index is 14.4. The van der Waals surface area contributed by atoms with Crippen LogP contribution in [0.25, 0.3) is 21.8 Å². The van der Waals surface area contributed by atoms with Crippen molar-refractivity contribution in [2.45, 2.75) is 25.9 Å². The Morgan fingerprint density at radius 2 is 1.75 bits per heavy atom. The lowest BCUT2D eigenvalue weighted by atomic mass is 10.1. The zero-order valence-electron chi connectivity index (χ0n) is 18.6. The molecule has 1 fully saturated rings. The van der Waals surface area contributed by atoms with E-state index < -0.39 is 5.82 Å². The highest BCUT2D eigenvalue weighted by molar-refractivity contribution is 6.14. The SMILES string of the molecule is C[C@@H]1CN(c2ccc(C(=O)Nc3cc(F)c4nn(C)cc4c3)c3nn(C)cc23)C[C@@H](C)N1. The highest BCUT2D eigenvalue weighted by atomic mass is 19.1. The Morgan fingerprint density at radius 1 is 1.06 bits per heavy atom. The van der Waals surface area contributed by atoms with Gasteiger partial charge < -0.3 is 15.5 Å². The van der Waals surface area contributed by atoms with Crippen molar-refractivity contribution in [2.24, 2.45) is 14.1 Å². The Balaban J connectivity index is 1.50. The summed E-state index contributed by atoms with van der Waals surface area (Å²) in [5.74, 6) is -0.802. The van der Waals surface area contributed by atoms with E-state index >= 15 is 0 Å². The van der Waals surface area contributed by atoms with Crippen LogP contribution >= 0.6 is 0 Å². The molecule has 32 heavy (non-hydrogen) atoms. The first kappa shape index (κ1) is 20.4. The third kappa shape index (κ3) is 3.58. The van der Waals surface area contributed by atoms with Crippen molar-refractivity contribution in [3.63, 3.8) is 0 Å². The van der Waals surface area contributed by atoms with Gasteiger partial charge in [0.2, 0.25) is 0 Å². The van der Waals surface area contributed by atoms with E-state index in [1.165, 1.54) is 6.07 Å². The van der Waals surface area contributed by atoms with E-state index in [2.05, 4.69) is 39.6 Å². The van der Waals surface area contributed by atoms with Gasteiger partial charge in [0.25, 0.3) is 5.91 Å². The Morgan fingerprint density at radius 3 is 2.50 bits per heavy atom. The van der Waals surface area contributed by atoms with Crippen LogP contribution in [0.2, 0.25) is 0 Å². The molecule has 166 valence electrons. The first-order valence-electron chi connectivity index (χ1n) is 10.7. The number of benzene rings is 2. The van der Waals surface area contributed by atoms with Crippen molar-refractivity contribution in [3.8, 4) is 0 Å². The monoisotopic (exact) mass is 435 g/mol. The molecule has 3 heterocycles. The van der Waals surface area contributed by atoms with Crippen LogP contribution in [0.15, 0.2) is 36.7 Å². The predicted octanol–water partition coefficient (Wildman–Crippen LogP) is 3.04. The molecule has 0 saturated carbocycles. The molecule has 0 bridgehead atoms. The minimum absolute atomic E-state index is 0.279. The van der Waals surface area contributed by atoms with Gasteiger partial charge in [-0.2, -0.15) is 10.2 Å². The maximum Gasteiger partial charge on any atom is 0.257 e. The molecule has 2 N–H and O–H groups in total. The first-order valence-corrected chi connectivity index (χ1v) is 10.7. The third-order valence-corrected chi connectivity index (χ3v) is 5.84. The van der Waals surface area contributed by atoms with E-state index in [4.69, 9.17) is 0 Å². The largest absolute Gasteiger partial charge is 0.368 e. The normalized spacial score (nSPS) is 19.1. The van der Waals surface area contributed by atoms with Crippen LogP contribution in [0.3, 0.4) is 0 Å². The molecule has 1 aliphatic heterocycles. The van der Waals surface area contributed by atoms with Crippen LogP contribution in [0, 0.1) is 5.82 Å². The molecule has 2 aromatic carbocycles. The van der Waals surface area contributed by atoms with Gasteiger partial charge in [0.1, 0.15) is 11.0 Å². The summed E-state index contributed by atoms with van der Waals surface area (Å²) in [5.41, 5.74) is 2.80. The van der Waals surface area contributed by atoms with Gasteiger partial charge >= 0.3 is 0 Å². The average Bonchev–Trinajstić information content (AvgIpc) is 3.28. The van der Waals surface area contributed by atoms with Gasteiger partial charge in [0, 0.05) is 73.8 Å². The van der Waals surface area contributed by atoms with Gasteiger partial charge in [-0.1, -0.05) is 0 Å². The number of carbonyl (C=O) groups is 1. The fraction of sp³-hybridized carbons (Fsp3) is 0.348. The molecule has 1 saturated heterocycles. The van der Waals surface area contributed by atoms with Crippen LogP contribution in [-0.4, -0.2) is 50.6 Å². The van der Waals surface area contributed by atoms with Crippen molar-refractivity contribution in [2.75, 3.05) is 23.3 Å². The smallest absolute Gasteiger partial charge is 0.257 e. The van der Waals surface area contributed by atoms with Crippen LogP contribution in [0.4, 0.5) is 15.8 Å². The molecule has 0 spiro atoms.